The molecule has 3 rings (SSSR count). The number of rotatable bonds is 10. The molecule has 0 fully saturated rings. The van der Waals surface area contributed by atoms with E-state index in [1.807, 2.05) is 30.3 Å². The highest BCUT2D eigenvalue weighted by atomic mass is 19.4. The van der Waals surface area contributed by atoms with Crippen molar-refractivity contribution in [2.75, 3.05) is 6.61 Å². The molecule has 7 nitrogen and oxygen atoms in total. The minimum atomic E-state index is -5.05. The van der Waals surface area contributed by atoms with Gasteiger partial charge in [0.05, 0.1) is 6.04 Å². The van der Waals surface area contributed by atoms with Crippen molar-refractivity contribution < 1.29 is 41.7 Å². The molecule has 0 aromatic heterocycles. The summed E-state index contributed by atoms with van der Waals surface area (Å²) in [5, 5.41) is 2.73. The fourth-order valence-corrected chi connectivity index (χ4v) is 3.55. The van der Waals surface area contributed by atoms with E-state index in [0.29, 0.717) is 12.0 Å². The molecule has 208 valence electrons. The highest BCUT2D eigenvalue weighted by Crippen LogP contribution is 2.33. The lowest BCUT2D eigenvalue weighted by atomic mass is 10.1. The predicted octanol–water partition coefficient (Wildman–Crippen LogP) is 6.46. The van der Waals surface area contributed by atoms with E-state index in [1.54, 1.807) is 51.1 Å². The summed E-state index contributed by atoms with van der Waals surface area (Å²) in [4.78, 5) is 25.4. The highest BCUT2D eigenvalue weighted by molar-refractivity contribution is 5.95. The molecule has 0 saturated heterocycles. The van der Waals surface area contributed by atoms with Gasteiger partial charge in [0, 0.05) is 0 Å². The maximum Gasteiger partial charge on any atom is 0.573 e. The molecule has 0 saturated carbocycles. The Morgan fingerprint density at radius 2 is 1.41 bits per heavy atom. The van der Waals surface area contributed by atoms with Crippen LogP contribution in [-0.2, 0) is 22.5 Å². The van der Waals surface area contributed by atoms with Crippen LogP contribution >= 0.6 is 0 Å². The first-order valence-corrected chi connectivity index (χ1v) is 12.2. The van der Waals surface area contributed by atoms with Crippen LogP contribution in [0.25, 0.3) is 0 Å². The Bertz CT molecular complexity index is 1230. The molecule has 1 N–H and O–H groups in total. The first-order valence-electron chi connectivity index (χ1n) is 12.2. The summed E-state index contributed by atoms with van der Waals surface area (Å²) in [7, 11) is 0. The van der Waals surface area contributed by atoms with Crippen molar-refractivity contribution >= 4 is 12.1 Å². The number of amides is 1. The average Bonchev–Trinajstić information content (AvgIpc) is 2.85. The SMILES string of the molecule is CC(C)(C)OC(=O)N[C@@H](COc1cccc(OC(F)(F)F)c1C(=O)OCc1ccccc1)Cc1ccccc1. The molecular formula is C29H30F3NO6. The Balaban J connectivity index is 1.84. The molecule has 10 heteroatoms. The Labute approximate surface area is 224 Å². The zero-order valence-electron chi connectivity index (χ0n) is 21.8. The van der Waals surface area contributed by atoms with Crippen molar-refractivity contribution in [2.45, 2.75) is 51.8 Å². The van der Waals surface area contributed by atoms with Crippen LogP contribution in [0.5, 0.6) is 11.5 Å². The number of alkyl halides is 3. The van der Waals surface area contributed by atoms with Crippen molar-refractivity contribution in [2.24, 2.45) is 0 Å². The number of carbonyl (C=O) groups excluding carboxylic acids is 2. The molecule has 0 aliphatic carbocycles. The summed E-state index contributed by atoms with van der Waals surface area (Å²) >= 11 is 0. The van der Waals surface area contributed by atoms with Crippen LogP contribution in [-0.4, -0.2) is 36.7 Å². The fraction of sp³-hybridized carbons (Fsp3) is 0.310. The lowest BCUT2D eigenvalue weighted by Gasteiger charge is -2.24. The first-order chi connectivity index (χ1) is 18.4. The quantitative estimate of drug-likeness (QED) is 0.295. The molecule has 39 heavy (non-hydrogen) atoms. The van der Waals surface area contributed by atoms with E-state index in [9.17, 15) is 22.8 Å². The summed E-state index contributed by atoms with van der Waals surface area (Å²) in [6.07, 6.45) is -5.42. The van der Waals surface area contributed by atoms with Crippen molar-refractivity contribution in [3.63, 3.8) is 0 Å². The largest absolute Gasteiger partial charge is 0.573 e. The number of halogens is 3. The van der Waals surface area contributed by atoms with Crippen molar-refractivity contribution in [1.82, 2.24) is 5.32 Å². The monoisotopic (exact) mass is 545 g/mol. The number of alkyl carbamates (subject to hydrolysis) is 1. The predicted molar refractivity (Wildman–Crippen MR) is 137 cm³/mol. The van der Waals surface area contributed by atoms with E-state index in [2.05, 4.69) is 10.1 Å². The van der Waals surface area contributed by atoms with Crippen LogP contribution < -0.4 is 14.8 Å². The second-order valence-corrected chi connectivity index (χ2v) is 9.58. The van der Waals surface area contributed by atoms with Gasteiger partial charge in [-0.2, -0.15) is 0 Å². The van der Waals surface area contributed by atoms with Gasteiger partial charge in [0.2, 0.25) is 0 Å². The molecule has 0 spiro atoms. The third-order valence-corrected chi connectivity index (χ3v) is 5.12. The molecule has 0 bridgehead atoms. The molecule has 3 aromatic carbocycles. The number of esters is 1. The van der Waals surface area contributed by atoms with Gasteiger partial charge in [-0.1, -0.05) is 66.7 Å². The van der Waals surface area contributed by atoms with Gasteiger partial charge in [0.15, 0.2) is 0 Å². The van der Waals surface area contributed by atoms with Gasteiger partial charge in [0.1, 0.15) is 35.9 Å². The van der Waals surface area contributed by atoms with Crippen LogP contribution in [0.1, 0.15) is 42.3 Å². The van der Waals surface area contributed by atoms with E-state index in [1.165, 1.54) is 12.1 Å². The Hall–Kier alpha value is -4.21. The van der Waals surface area contributed by atoms with Gasteiger partial charge in [-0.15, -0.1) is 13.2 Å². The first kappa shape index (κ1) is 29.3. The highest BCUT2D eigenvalue weighted by Gasteiger charge is 2.34. The number of hydrogen-bond donors (Lipinski definition) is 1. The molecule has 0 heterocycles. The molecule has 0 unspecified atom stereocenters. The molecule has 1 amide bonds. The second-order valence-electron chi connectivity index (χ2n) is 9.58. The topological polar surface area (TPSA) is 83.1 Å². The average molecular weight is 546 g/mol. The third-order valence-electron chi connectivity index (χ3n) is 5.12. The standard InChI is InChI=1S/C29H30F3NO6/c1-28(2,3)39-27(35)33-22(17-20-11-6-4-7-12-20)19-36-23-15-10-16-24(38-29(30,31)32)25(23)26(34)37-18-21-13-8-5-9-14-21/h4-16,22H,17-19H2,1-3H3,(H,33,35)/t22-/m1/s1. The third kappa shape index (κ3) is 10.2. The van der Waals surface area contributed by atoms with Crippen LogP contribution in [0.4, 0.5) is 18.0 Å². The zero-order chi connectivity index (χ0) is 28.5. The summed E-state index contributed by atoms with van der Waals surface area (Å²) in [5.41, 5.74) is 0.244. The second kappa shape index (κ2) is 13.0. The van der Waals surface area contributed by atoms with E-state index in [0.717, 1.165) is 11.6 Å². The maximum absolute atomic E-state index is 13.1. The molecule has 0 aliphatic heterocycles. The lowest BCUT2D eigenvalue weighted by molar-refractivity contribution is -0.274. The molecule has 0 radical (unpaired) electrons. The Kier molecular flexibility index (Phi) is 9.81. The number of benzene rings is 3. The van der Waals surface area contributed by atoms with Gasteiger partial charge >= 0.3 is 18.4 Å². The van der Waals surface area contributed by atoms with Gasteiger partial charge in [0.25, 0.3) is 0 Å². The summed E-state index contributed by atoms with van der Waals surface area (Å²) in [6.45, 7) is 4.79. The number of hydrogen-bond acceptors (Lipinski definition) is 6. The minimum Gasteiger partial charge on any atom is -0.490 e. The van der Waals surface area contributed by atoms with Crippen molar-refractivity contribution in [1.29, 1.82) is 0 Å². The number of carbonyl (C=O) groups is 2. The molecule has 0 aliphatic rings. The van der Waals surface area contributed by atoms with E-state index in [-0.39, 0.29) is 19.0 Å². The van der Waals surface area contributed by atoms with Crippen LogP contribution in [0.15, 0.2) is 78.9 Å². The van der Waals surface area contributed by atoms with Gasteiger partial charge < -0.3 is 24.3 Å². The van der Waals surface area contributed by atoms with Crippen LogP contribution in [0.3, 0.4) is 0 Å². The molecule has 1 atom stereocenters. The van der Waals surface area contributed by atoms with Crippen molar-refractivity contribution in [3.05, 3.63) is 95.6 Å². The van der Waals surface area contributed by atoms with E-state index < -0.39 is 41.4 Å². The van der Waals surface area contributed by atoms with E-state index >= 15 is 0 Å². The smallest absolute Gasteiger partial charge is 0.490 e. The summed E-state index contributed by atoms with van der Waals surface area (Å²) < 4.78 is 59.9. The van der Waals surface area contributed by atoms with Gasteiger partial charge in [-0.05, 0) is 50.5 Å². The minimum absolute atomic E-state index is 0.170. The maximum atomic E-state index is 13.1. The normalized spacial score (nSPS) is 12.3. The summed E-state index contributed by atoms with van der Waals surface area (Å²) in [6, 6.07) is 20.8. The van der Waals surface area contributed by atoms with Crippen LogP contribution in [0.2, 0.25) is 0 Å². The summed E-state index contributed by atoms with van der Waals surface area (Å²) in [5.74, 6) is -2.02. The molecule has 3 aromatic rings. The lowest BCUT2D eigenvalue weighted by Crippen LogP contribution is -2.43. The van der Waals surface area contributed by atoms with Crippen LogP contribution in [0, 0.1) is 0 Å². The van der Waals surface area contributed by atoms with Gasteiger partial charge in [-0.3, -0.25) is 0 Å². The Morgan fingerprint density at radius 1 is 0.821 bits per heavy atom. The van der Waals surface area contributed by atoms with E-state index in [4.69, 9.17) is 14.2 Å². The van der Waals surface area contributed by atoms with Crippen molar-refractivity contribution in [3.8, 4) is 11.5 Å². The molecular weight excluding hydrogens is 515 g/mol. The number of nitrogens with one attached hydrogen (secondary N) is 1. The fourth-order valence-electron chi connectivity index (χ4n) is 3.55. The number of ether oxygens (including phenoxy) is 4. The Morgan fingerprint density at radius 3 is 2.00 bits per heavy atom. The zero-order valence-corrected chi connectivity index (χ0v) is 21.8. The van der Waals surface area contributed by atoms with Gasteiger partial charge in [-0.25, -0.2) is 9.59 Å².